The number of rotatable bonds is 20. The molecule has 14 heteroatoms. The standard InChI is InChI=1S/C38H70BN7O5P/c1-12-22(3)24(5)26(7)28(9)38(11,29(10)27(8)25(6)23(4)13-2)43-19-17-15-14-16-18-41-37-44-34(40)31-35(45-37)46(21-42-31)36-32(47)33-30(50-36)20-49-52(39,48)51-33/h21-30,32-33,36,43,47-48H,12-20H2,1-11H3,(H3,40,41,44,45)/q+1/t22?,23?,24?,25?,26?,27?,28?,29?,30-,32+,33+,36-,38?,52?/m1/s1. The molecule has 2 radical (unpaired) electrons. The lowest BCUT2D eigenvalue weighted by molar-refractivity contribution is -0.0603. The molecule has 2 fully saturated rings. The molecule has 0 aliphatic carbocycles. The van der Waals surface area contributed by atoms with E-state index in [9.17, 15) is 10.00 Å². The van der Waals surface area contributed by atoms with Gasteiger partial charge in [-0.1, -0.05) is 94.9 Å². The third kappa shape index (κ3) is 9.61. The molecule has 2 saturated heterocycles. The molecule has 4 heterocycles. The van der Waals surface area contributed by atoms with Gasteiger partial charge in [0.05, 0.1) is 6.33 Å². The number of nitrogens with zero attached hydrogens (tertiary/aromatic N) is 4. The van der Waals surface area contributed by atoms with Gasteiger partial charge < -0.3 is 26.2 Å². The van der Waals surface area contributed by atoms with Crippen LogP contribution in [0.25, 0.3) is 11.2 Å². The number of nitrogen functional groups attached to an aromatic ring is 1. The van der Waals surface area contributed by atoms with Crippen LogP contribution in [0.15, 0.2) is 6.33 Å². The molecule has 2 aliphatic heterocycles. The highest BCUT2D eigenvalue weighted by molar-refractivity contribution is 7.85. The molecule has 13 atom stereocenters. The van der Waals surface area contributed by atoms with Crippen molar-refractivity contribution in [2.24, 2.45) is 47.3 Å². The minimum atomic E-state index is -3.50. The molecule has 9 unspecified atom stereocenters. The zero-order valence-electron chi connectivity index (χ0n) is 33.9. The first-order valence-electron chi connectivity index (χ1n) is 20.0. The summed E-state index contributed by atoms with van der Waals surface area (Å²) in [6.07, 6.45) is 4.83. The summed E-state index contributed by atoms with van der Waals surface area (Å²) < 4.78 is 18.3. The monoisotopic (exact) mass is 747 g/mol. The maximum absolute atomic E-state index is 11.0. The number of nitrogens with one attached hydrogen (secondary N) is 2. The van der Waals surface area contributed by atoms with Crippen LogP contribution in [0.3, 0.4) is 0 Å². The quantitative estimate of drug-likeness (QED) is 0.0532. The topological polar surface area (TPSA) is 162 Å². The highest BCUT2D eigenvalue weighted by Gasteiger charge is 2.57. The van der Waals surface area contributed by atoms with Crippen molar-refractivity contribution in [2.45, 2.75) is 145 Å². The van der Waals surface area contributed by atoms with Crippen molar-refractivity contribution in [2.75, 3.05) is 30.7 Å². The fraction of sp³-hybridized carbons (Fsp3) is 0.868. The highest BCUT2D eigenvalue weighted by Crippen LogP contribution is 2.58. The van der Waals surface area contributed by atoms with Gasteiger partial charge in [-0.15, -0.1) is 0 Å². The van der Waals surface area contributed by atoms with Crippen molar-refractivity contribution in [1.82, 2.24) is 24.8 Å². The second-order valence-corrected chi connectivity index (χ2v) is 18.2. The number of hydrogen-bond donors (Lipinski definition) is 5. The Hall–Kier alpha value is -1.60. The summed E-state index contributed by atoms with van der Waals surface area (Å²) in [4.78, 5) is 23.5. The predicted molar refractivity (Wildman–Crippen MR) is 213 cm³/mol. The summed E-state index contributed by atoms with van der Waals surface area (Å²) in [5.41, 5.74) is 7.14. The number of aliphatic hydroxyl groups excluding tert-OH is 1. The molecular formula is C38H70BN7O5P+. The molecule has 0 amide bonds. The number of hydrogen-bond acceptors (Lipinski definition) is 11. The predicted octanol–water partition coefficient (Wildman–Crippen LogP) is 7.15. The van der Waals surface area contributed by atoms with Crippen LogP contribution in [0.1, 0.15) is 121 Å². The smallest absolute Gasteiger partial charge is 0.385 e. The number of aliphatic hydroxyl groups is 1. The zero-order chi connectivity index (χ0) is 38.5. The molecule has 2 aromatic heterocycles. The lowest BCUT2D eigenvalue weighted by atomic mass is 9.61. The number of ether oxygens (including phenoxy) is 1. The molecule has 0 saturated carbocycles. The third-order valence-electron chi connectivity index (χ3n) is 13.8. The van der Waals surface area contributed by atoms with E-state index in [1.807, 2.05) is 0 Å². The van der Waals surface area contributed by atoms with Crippen LogP contribution in [0.4, 0.5) is 11.8 Å². The maximum Gasteiger partial charge on any atom is 0.488 e. The summed E-state index contributed by atoms with van der Waals surface area (Å²) in [5.74, 6) is 5.75. The molecule has 6 N–H and O–H groups in total. The Morgan fingerprint density at radius 3 is 2.10 bits per heavy atom. The minimum Gasteiger partial charge on any atom is -0.385 e. The number of unbranched alkanes of at least 4 members (excludes halogenated alkanes) is 3. The molecule has 4 rings (SSSR count). The first kappa shape index (κ1) is 43.1. The van der Waals surface area contributed by atoms with Crippen LogP contribution in [0.5, 0.6) is 0 Å². The van der Waals surface area contributed by atoms with Gasteiger partial charge in [0.1, 0.15) is 24.3 Å². The summed E-state index contributed by atoms with van der Waals surface area (Å²) in [6, 6.07) is 0. The van der Waals surface area contributed by atoms with Crippen LogP contribution in [-0.2, 0) is 13.8 Å². The van der Waals surface area contributed by atoms with Crippen LogP contribution >= 0.6 is 7.82 Å². The molecule has 12 nitrogen and oxygen atoms in total. The Labute approximate surface area is 315 Å². The summed E-state index contributed by atoms with van der Waals surface area (Å²) in [5, 5.41) is 18.5. The summed E-state index contributed by atoms with van der Waals surface area (Å²) in [6.45, 7) is 28.6. The molecule has 2 aliphatic rings. The van der Waals surface area contributed by atoms with E-state index in [-0.39, 0.29) is 18.0 Å². The summed E-state index contributed by atoms with van der Waals surface area (Å²) in [7, 11) is 2.17. The lowest BCUT2D eigenvalue weighted by Crippen LogP contribution is -2.57. The van der Waals surface area contributed by atoms with E-state index in [1.54, 1.807) is 4.57 Å². The Balaban J connectivity index is 1.31. The van der Waals surface area contributed by atoms with Gasteiger partial charge in [0.25, 0.3) is 0 Å². The molecule has 0 aromatic carbocycles. The van der Waals surface area contributed by atoms with Crippen molar-refractivity contribution in [3.63, 3.8) is 0 Å². The van der Waals surface area contributed by atoms with Gasteiger partial charge in [0, 0.05) is 12.1 Å². The van der Waals surface area contributed by atoms with E-state index in [0.717, 1.165) is 32.2 Å². The average molecular weight is 747 g/mol. The van der Waals surface area contributed by atoms with Gasteiger partial charge >= 0.3 is 15.4 Å². The second-order valence-electron chi connectivity index (χ2n) is 16.6. The van der Waals surface area contributed by atoms with Crippen LogP contribution in [-0.4, -0.2) is 80.6 Å². The molecule has 2 aromatic rings. The highest BCUT2D eigenvalue weighted by atomic mass is 31.2. The van der Waals surface area contributed by atoms with Gasteiger partial charge in [0.2, 0.25) is 5.95 Å². The Morgan fingerprint density at radius 2 is 1.52 bits per heavy atom. The van der Waals surface area contributed by atoms with E-state index in [1.165, 1.54) is 19.2 Å². The van der Waals surface area contributed by atoms with Crippen LogP contribution < -0.4 is 16.4 Å². The van der Waals surface area contributed by atoms with Crippen molar-refractivity contribution < 1.29 is 23.8 Å². The van der Waals surface area contributed by atoms with Gasteiger partial charge in [-0.05, 0) is 73.7 Å². The lowest BCUT2D eigenvalue weighted by Gasteiger charge is -2.50. The number of fused-ring (bicyclic) bond motifs is 2. The van der Waals surface area contributed by atoms with E-state index in [0.29, 0.717) is 71.0 Å². The van der Waals surface area contributed by atoms with E-state index >= 15 is 0 Å². The normalized spacial score (nSPS) is 29.4. The molecule has 52 heavy (non-hydrogen) atoms. The molecule has 0 bridgehead atoms. The number of anilines is 2. The first-order chi connectivity index (χ1) is 24.5. The fourth-order valence-electron chi connectivity index (χ4n) is 8.48. The van der Waals surface area contributed by atoms with Crippen molar-refractivity contribution >= 4 is 38.3 Å². The van der Waals surface area contributed by atoms with E-state index in [4.69, 9.17) is 27.1 Å². The molecule has 294 valence electrons. The maximum atomic E-state index is 11.0. The summed E-state index contributed by atoms with van der Waals surface area (Å²) >= 11 is 0. The second kappa shape index (κ2) is 18.4. The molecular weight excluding hydrogens is 676 g/mol. The van der Waals surface area contributed by atoms with Crippen LogP contribution in [0.2, 0.25) is 0 Å². The van der Waals surface area contributed by atoms with Crippen molar-refractivity contribution in [1.29, 1.82) is 0 Å². The number of nitrogens with two attached hydrogens (primary N) is 1. The van der Waals surface area contributed by atoms with E-state index in [2.05, 4.69) is 102 Å². The van der Waals surface area contributed by atoms with Gasteiger partial charge in [-0.3, -0.25) is 4.57 Å². The third-order valence-corrected chi connectivity index (χ3v) is 14.9. The zero-order valence-corrected chi connectivity index (χ0v) is 34.8. The number of imidazole rings is 1. The minimum absolute atomic E-state index is 0.0108. The van der Waals surface area contributed by atoms with Crippen molar-refractivity contribution in [3.8, 4) is 0 Å². The SMILES string of the molecule is [B][P+]1(O)OC[C@H]2O[C@@H](n3cnc4c(N)nc(NCCCCCCNC(C)(C(C)C(C)C(C)C(C)CC)C(C)C(C)C(C)C(C)CC)nc43)[C@@H](O)[C@H]2O1. The van der Waals surface area contributed by atoms with Gasteiger partial charge in [0.15, 0.2) is 23.8 Å². The van der Waals surface area contributed by atoms with E-state index < -0.39 is 32.4 Å². The molecule has 0 spiro atoms. The Morgan fingerprint density at radius 1 is 0.942 bits per heavy atom. The Kier molecular flexibility index (Phi) is 15.2. The first-order valence-corrected chi connectivity index (χ1v) is 21.7. The largest absolute Gasteiger partial charge is 0.488 e. The number of aromatic nitrogens is 4. The average Bonchev–Trinajstić information content (AvgIpc) is 3.69. The Bertz CT molecular complexity index is 1390. The van der Waals surface area contributed by atoms with Gasteiger partial charge in [-0.25, -0.2) is 9.88 Å². The fourth-order valence-corrected chi connectivity index (χ4v) is 9.51. The van der Waals surface area contributed by atoms with Crippen LogP contribution in [0, 0.1) is 47.3 Å². The van der Waals surface area contributed by atoms with Crippen molar-refractivity contribution in [3.05, 3.63) is 6.33 Å². The van der Waals surface area contributed by atoms with Gasteiger partial charge in [-0.2, -0.15) is 19.0 Å².